The number of benzene rings is 2. The van der Waals surface area contributed by atoms with E-state index in [0.717, 1.165) is 12.1 Å². The highest BCUT2D eigenvalue weighted by Gasteiger charge is 2.31. The summed E-state index contributed by atoms with van der Waals surface area (Å²) in [5, 5.41) is 0.596. The van der Waals surface area contributed by atoms with Gasteiger partial charge in [0.1, 0.15) is 11.6 Å². The Labute approximate surface area is 177 Å². The van der Waals surface area contributed by atoms with Crippen LogP contribution in [0.25, 0.3) is 10.9 Å². The third kappa shape index (κ3) is 3.96. The molecule has 1 amide bonds. The van der Waals surface area contributed by atoms with Crippen molar-refractivity contribution in [3.63, 3.8) is 0 Å². The minimum atomic E-state index is -3.82. The van der Waals surface area contributed by atoms with Crippen LogP contribution < -0.4 is 5.56 Å². The van der Waals surface area contributed by atoms with E-state index in [0.29, 0.717) is 22.5 Å². The fourth-order valence-corrected chi connectivity index (χ4v) is 5.03. The number of nitrogens with zero attached hydrogens (tertiary/aromatic N) is 2. The van der Waals surface area contributed by atoms with Gasteiger partial charge < -0.3 is 9.88 Å². The Morgan fingerprint density at radius 3 is 2.39 bits per heavy atom. The summed E-state index contributed by atoms with van der Waals surface area (Å²) in [4.78, 5) is 28.4. The zero-order valence-electron chi connectivity index (χ0n) is 16.6. The molecule has 10 heteroatoms. The quantitative estimate of drug-likeness (QED) is 0.667. The molecule has 0 radical (unpaired) electrons. The number of pyridine rings is 1. The zero-order chi connectivity index (χ0) is 22.3. The van der Waals surface area contributed by atoms with Gasteiger partial charge in [-0.3, -0.25) is 9.59 Å². The number of aromatic nitrogens is 1. The first-order chi connectivity index (χ1) is 14.7. The molecule has 0 spiro atoms. The summed E-state index contributed by atoms with van der Waals surface area (Å²) in [7, 11) is -3.82. The van der Waals surface area contributed by atoms with E-state index in [1.165, 1.54) is 21.3 Å². The Morgan fingerprint density at radius 2 is 1.71 bits per heavy atom. The first-order valence-corrected chi connectivity index (χ1v) is 11.0. The van der Waals surface area contributed by atoms with Gasteiger partial charge >= 0.3 is 0 Å². The van der Waals surface area contributed by atoms with Gasteiger partial charge in [-0.2, -0.15) is 4.31 Å². The molecule has 162 valence electrons. The molecule has 3 aromatic rings. The minimum absolute atomic E-state index is 0.0412. The summed E-state index contributed by atoms with van der Waals surface area (Å²) in [6.45, 7) is 1.88. The van der Waals surface area contributed by atoms with Crippen molar-refractivity contribution >= 4 is 26.8 Å². The van der Waals surface area contributed by atoms with Crippen molar-refractivity contribution in [2.75, 3.05) is 26.2 Å². The third-order valence-corrected chi connectivity index (χ3v) is 7.22. The number of hydrogen-bond acceptors (Lipinski definition) is 4. The van der Waals surface area contributed by atoms with E-state index in [4.69, 9.17) is 0 Å². The molecule has 1 aliphatic heterocycles. The number of H-pyrrole nitrogens is 1. The molecular formula is C21H19F2N3O4S. The fraction of sp³-hybridized carbons (Fsp3) is 0.238. The molecule has 0 saturated carbocycles. The number of hydrogen-bond donors (Lipinski definition) is 1. The lowest BCUT2D eigenvalue weighted by atomic mass is 10.1. The number of aryl methyl sites for hydroxylation is 1. The van der Waals surface area contributed by atoms with Gasteiger partial charge in [-0.05, 0) is 48.7 Å². The third-order valence-electron chi connectivity index (χ3n) is 5.33. The van der Waals surface area contributed by atoms with E-state index >= 15 is 0 Å². The van der Waals surface area contributed by atoms with Crippen LogP contribution in [0.5, 0.6) is 0 Å². The highest BCUT2D eigenvalue weighted by molar-refractivity contribution is 7.89. The van der Waals surface area contributed by atoms with E-state index in [9.17, 15) is 26.8 Å². The van der Waals surface area contributed by atoms with E-state index in [-0.39, 0.29) is 42.2 Å². The van der Waals surface area contributed by atoms with Crippen LogP contribution in [0.15, 0.2) is 52.2 Å². The summed E-state index contributed by atoms with van der Waals surface area (Å²) >= 11 is 0. The Kier molecular flexibility index (Phi) is 5.36. The van der Waals surface area contributed by atoms with Gasteiger partial charge in [0.2, 0.25) is 10.0 Å². The number of rotatable bonds is 3. The van der Waals surface area contributed by atoms with Crippen molar-refractivity contribution in [3.8, 4) is 0 Å². The van der Waals surface area contributed by atoms with Crippen LogP contribution in [0.4, 0.5) is 8.78 Å². The predicted octanol–water partition coefficient (Wildman–Crippen LogP) is 2.26. The number of nitrogens with one attached hydrogen (secondary N) is 1. The maximum absolute atomic E-state index is 13.9. The standard InChI is InChI=1S/C21H19F2N3O4S/c1-13-10-14-11-16(3-5-19(14)24-20(13)27)31(29,30)26-8-6-25(7-9-26)21(28)17-4-2-15(22)12-18(17)23/h2-5,10-12H,6-9H2,1H3,(H,24,27). The second kappa shape index (κ2) is 7.86. The molecule has 1 saturated heterocycles. The molecule has 0 unspecified atom stereocenters. The highest BCUT2D eigenvalue weighted by atomic mass is 32.2. The zero-order valence-corrected chi connectivity index (χ0v) is 17.4. The summed E-state index contributed by atoms with van der Waals surface area (Å²) in [5.41, 5.74) is 0.520. The molecule has 1 aliphatic rings. The molecule has 4 rings (SSSR count). The Morgan fingerprint density at radius 1 is 1.00 bits per heavy atom. The molecular weight excluding hydrogens is 428 g/mol. The Bertz CT molecular complexity index is 1350. The molecule has 7 nitrogen and oxygen atoms in total. The number of carbonyl (C=O) groups is 1. The van der Waals surface area contributed by atoms with E-state index in [1.807, 2.05) is 0 Å². The van der Waals surface area contributed by atoms with Crippen LogP contribution in [-0.4, -0.2) is 54.7 Å². The molecule has 0 atom stereocenters. The second-order valence-electron chi connectivity index (χ2n) is 7.35. The monoisotopic (exact) mass is 447 g/mol. The van der Waals surface area contributed by atoms with Crippen molar-refractivity contribution in [3.05, 3.63) is 75.6 Å². The van der Waals surface area contributed by atoms with E-state index in [2.05, 4.69) is 4.98 Å². The van der Waals surface area contributed by atoms with Gasteiger partial charge in [0, 0.05) is 43.3 Å². The topological polar surface area (TPSA) is 90.6 Å². The number of fused-ring (bicyclic) bond motifs is 1. The number of carbonyl (C=O) groups excluding carboxylic acids is 1. The summed E-state index contributed by atoms with van der Waals surface area (Å²) in [6.07, 6.45) is 0. The van der Waals surface area contributed by atoms with Crippen LogP contribution in [-0.2, 0) is 10.0 Å². The van der Waals surface area contributed by atoms with Gasteiger partial charge in [0.05, 0.1) is 10.5 Å². The number of amides is 1. The van der Waals surface area contributed by atoms with Crippen molar-refractivity contribution in [2.45, 2.75) is 11.8 Å². The maximum Gasteiger partial charge on any atom is 0.256 e. The molecule has 31 heavy (non-hydrogen) atoms. The maximum atomic E-state index is 13.9. The van der Waals surface area contributed by atoms with E-state index < -0.39 is 27.6 Å². The average molecular weight is 447 g/mol. The molecule has 1 aromatic heterocycles. The largest absolute Gasteiger partial charge is 0.336 e. The van der Waals surface area contributed by atoms with Gasteiger partial charge in [-0.15, -0.1) is 0 Å². The van der Waals surface area contributed by atoms with Gasteiger partial charge in [0.25, 0.3) is 11.5 Å². The summed E-state index contributed by atoms with van der Waals surface area (Å²) < 4.78 is 54.4. The number of halogens is 2. The summed E-state index contributed by atoms with van der Waals surface area (Å²) in [5.74, 6) is -2.34. The first-order valence-electron chi connectivity index (χ1n) is 9.55. The Hall–Kier alpha value is -3.11. The second-order valence-corrected chi connectivity index (χ2v) is 9.29. The van der Waals surface area contributed by atoms with Crippen LogP contribution in [0.3, 0.4) is 0 Å². The SMILES string of the molecule is Cc1cc2cc(S(=O)(=O)N3CCN(C(=O)c4ccc(F)cc4F)CC3)ccc2[nH]c1=O. The number of aromatic amines is 1. The normalized spacial score (nSPS) is 15.4. The van der Waals surface area contributed by atoms with Gasteiger partial charge in [0.15, 0.2) is 0 Å². The molecule has 1 fully saturated rings. The lowest BCUT2D eigenvalue weighted by Gasteiger charge is -2.34. The van der Waals surface area contributed by atoms with Crippen molar-refractivity contribution in [1.29, 1.82) is 0 Å². The highest BCUT2D eigenvalue weighted by Crippen LogP contribution is 2.23. The average Bonchev–Trinajstić information content (AvgIpc) is 2.74. The molecule has 2 aromatic carbocycles. The van der Waals surface area contributed by atoms with Crippen molar-refractivity contribution in [2.24, 2.45) is 0 Å². The van der Waals surface area contributed by atoms with E-state index in [1.54, 1.807) is 19.1 Å². The fourth-order valence-electron chi connectivity index (χ4n) is 3.57. The molecule has 1 N–H and O–H groups in total. The predicted molar refractivity (Wildman–Crippen MR) is 110 cm³/mol. The summed E-state index contributed by atoms with van der Waals surface area (Å²) in [6, 6.07) is 8.82. The molecule has 2 heterocycles. The van der Waals surface area contributed by atoms with Gasteiger partial charge in [-0.1, -0.05) is 0 Å². The lowest BCUT2D eigenvalue weighted by Crippen LogP contribution is -2.50. The molecule has 0 bridgehead atoms. The van der Waals surface area contributed by atoms with Crippen LogP contribution in [0.1, 0.15) is 15.9 Å². The first kappa shape index (κ1) is 21.1. The molecule has 0 aliphatic carbocycles. The minimum Gasteiger partial charge on any atom is -0.336 e. The van der Waals surface area contributed by atoms with Crippen molar-refractivity contribution < 1.29 is 22.0 Å². The van der Waals surface area contributed by atoms with Crippen LogP contribution in [0.2, 0.25) is 0 Å². The number of piperazine rings is 1. The van der Waals surface area contributed by atoms with Crippen molar-refractivity contribution in [1.82, 2.24) is 14.2 Å². The van der Waals surface area contributed by atoms with Crippen LogP contribution in [0, 0.1) is 18.6 Å². The lowest BCUT2D eigenvalue weighted by molar-refractivity contribution is 0.0693. The number of sulfonamides is 1. The Balaban J connectivity index is 1.52. The van der Waals surface area contributed by atoms with Gasteiger partial charge in [-0.25, -0.2) is 17.2 Å². The smallest absolute Gasteiger partial charge is 0.256 e. The van der Waals surface area contributed by atoms with Crippen LogP contribution >= 0.6 is 0 Å².